The smallest absolute Gasteiger partial charge is 0.0897 e. The van der Waals surface area contributed by atoms with Crippen molar-refractivity contribution in [2.75, 3.05) is 26.3 Å². The third kappa shape index (κ3) is 7.59. The van der Waals surface area contributed by atoms with Crippen LogP contribution in [0.15, 0.2) is 0 Å². The minimum Gasteiger partial charge on any atom is -0.389 e. The SMILES string of the molecule is OC(CNCCOC1CCCCC1)COC1CCCCC1. The van der Waals surface area contributed by atoms with Gasteiger partial charge >= 0.3 is 0 Å². The van der Waals surface area contributed by atoms with Crippen molar-refractivity contribution >= 4 is 0 Å². The molecular weight excluding hydrogens is 266 g/mol. The lowest BCUT2D eigenvalue weighted by atomic mass is 9.98. The topological polar surface area (TPSA) is 50.7 Å². The average molecular weight is 299 g/mol. The van der Waals surface area contributed by atoms with Gasteiger partial charge in [0, 0.05) is 13.1 Å². The van der Waals surface area contributed by atoms with E-state index in [0.717, 1.165) is 26.0 Å². The van der Waals surface area contributed by atoms with E-state index in [4.69, 9.17) is 9.47 Å². The summed E-state index contributed by atoms with van der Waals surface area (Å²) in [5, 5.41) is 13.2. The summed E-state index contributed by atoms with van der Waals surface area (Å²) in [5.74, 6) is 0. The van der Waals surface area contributed by atoms with E-state index in [1.165, 1.54) is 51.4 Å². The third-order valence-electron chi connectivity index (χ3n) is 4.64. The highest BCUT2D eigenvalue weighted by atomic mass is 16.5. The van der Waals surface area contributed by atoms with Crippen molar-refractivity contribution in [2.45, 2.75) is 82.5 Å². The van der Waals surface area contributed by atoms with Crippen LogP contribution in [0.4, 0.5) is 0 Å². The van der Waals surface area contributed by atoms with Crippen LogP contribution in [0.3, 0.4) is 0 Å². The minimum atomic E-state index is -0.401. The largest absolute Gasteiger partial charge is 0.389 e. The fourth-order valence-electron chi connectivity index (χ4n) is 3.34. The van der Waals surface area contributed by atoms with Crippen molar-refractivity contribution in [3.05, 3.63) is 0 Å². The summed E-state index contributed by atoms with van der Waals surface area (Å²) in [7, 11) is 0. The molecule has 4 heteroatoms. The Kier molecular flexibility index (Phi) is 8.64. The van der Waals surface area contributed by atoms with Crippen molar-refractivity contribution in [1.82, 2.24) is 5.32 Å². The van der Waals surface area contributed by atoms with Crippen molar-refractivity contribution in [1.29, 1.82) is 0 Å². The van der Waals surface area contributed by atoms with Crippen molar-refractivity contribution < 1.29 is 14.6 Å². The fraction of sp³-hybridized carbons (Fsp3) is 1.00. The van der Waals surface area contributed by atoms with Crippen LogP contribution in [0.5, 0.6) is 0 Å². The molecule has 0 aromatic heterocycles. The Labute approximate surface area is 129 Å². The zero-order chi connectivity index (χ0) is 14.8. The first-order valence-electron chi connectivity index (χ1n) is 8.96. The third-order valence-corrected chi connectivity index (χ3v) is 4.64. The molecule has 2 rings (SSSR count). The zero-order valence-electron chi connectivity index (χ0n) is 13.4. The lowest BCUT2D eigenvalue weighted by Gasteiger charge is -2.24. The first kappa shape index (κ1) is 17.2. The van der Waals surface area contributed by atoms with E-state index in [1.807, 2.05) is 0 Å². The van der Waals surface area contributed by atoms with Crippen molar-refractivity contribution in [3.63, 3.8) is 0 Å². The maximum Gasteiger partial charge on any atom is 0.0897 e. The van der Waals surface area contributed by atoms with E-state index in [0.29, 0.717) is 25.4 Å². The van der Waals surface area contributed by atoms with Gasteiger partial charge in [-0.05, 0) is 25.7 Å². The van der Waals surface area contributed by atoms with E-state index >= 15 is 0 Å². The molecule has 2 saturated carbocycles. The molecule has 0 radical (unpaired) electrons. The van der Waals surface area contributed by atoms with Crippen molar-refractivity contribution in [3.8, 4) is 0 Å². The van der Waals surface area contributed by atoms with Gasteiger partial charge in [0.1, 0.15) is 0 Å². The van der Waals surface area contributed by atoms with Gasteiger partial charge in [0.15, 0.2) is 0 Å². The van der Waals surface area contributed by atoms with Crippen LogP contribution in [0.2, 0.25) is 0 Å². The molecule has 2 N–H and O–H groups in total. The predicted octanol–water partition coefficient (Wildman–Crippen LogP) is 2.64. The molecule has 2 aliphatic rings. The molecule has 2 aliphatic carbocycles. The van der Waals surface area contributed by atoms with Gasteiger partial charge in [0.2, 0.25) is 0 Å². The maximum absolute atomic E-state index is 9.90. The second kappa shape index (κ2) is 10.5. The van der Waals surface area contributed by atoms with E-state index in [1.54, 1.807) is 0 Å². The molecule has 2 fully saturated rings. The standard InChI is InChI=1S/C17H33NO3/c19-15(14-21-17-9-5-2-6-10-17)13-18-11-12-20-16-7-3-1-4-8-16/h15-19H,1-14H2. The van der Waals surface area contributed by atoms with Crippen LogP contribution >= 0.6 is 0 Å². The number of nitrogens with one attached hydrogen (secondary N) is 1. The summed E-state index contributed by atoms with van der Waals surface area (Å²) in [6.45, 7) is 2.62. The van der Waals surface area contributed by atoms with Gasteiger partial charge in [0.05, 0.1) is 31.5 Å². The summed E-state index contributed by atoms with van der Waals surface area (Å²) in [6.07, 6.45) is 13.1. The number of aliphatic hydroxyl groups is 1. The molecular formula is C17H33NO3. The lowest BCUT2D eigenvalue weighted by molar-refractivity contribution is -0.0240. The number of hydrogen-bond acceptors (Lipinski definition) is 4. The van der Waals surface area contributed by atoms with Gasteiger partial charge in [-0.2, -0.15) is 0 Å². The van der Waals surface area contributed by atoms with Gasteiger partial charge in [-0.25, -0.2) is 0 Å². The van der Waals surface area contributed by atoms with Crippen LogP contribution in [-0.4, -0.2) is 49.7 Å². The average Bonchev–Trinajstić information content (AvgIpc) is 2.54. The van der Waals surface area contributed by atoms with Crippen LogP contribution in [0.25, 0.3) is 0 Å². The number of hydrogen-bond donors (Lipinski definition) is 2. The summed E-state index contributed by atoms with van der Waals surface area (Å²) < 4.78 is 11.6. The minimum absolute atomic E-state index is 0.378. The lowest BCUT2D eigenvalue weighted by Crippen LogP contribution is -2.34. The molecule has 0 spiro atoms. The Hall–Kier alpha value is -0.160. The Morgan fingerprint density at radius 2 is 1.43 bits per heavy atom. The molecule has 1 unspecified atom stereocenters. The normalized spacial score (nSPS) is 23.3. The van der Waals surface area contributed by atoms with E-state index < -0.39 is 6.10 Å². The Morgan fingerprint density at radius 3 is 2.05 bits per heavy atom. The molecule has 0 amide bonds. The monoisotopic (exact) mass is 299 g/mol. The van der Waals surface area contributed by atoms with Crippen LogP contribution in [0, 0.1) is 0 Å². The van der Waals surface area contributed by atoms with Crippen LogP contribution in [-0.2, 0) is 9.47 Å². The highest BCUT2D eigenvalue weighted by Gasteiger charge is 2.16. The number of rotatable bonds is 9. The Balaban J connectivity index is 1.40. The fourth-order valence-corrected chi connectivity index (χ4v) is 3.34. The Morgan fingerprint density at radius 1 is 0.857 bits per heavy atom. The van der Waals surface area contributed by atoms with E-state index in [9.17, 15) is 5.11 Å². The van der Waals surface area contributed by atoms with E-state index in [2.05, 4.69) is 5.32 Å². The summed E-state index contributed by atoms with van der Waals surface area (Å²) >= 11 is 0. The molecule has 0 heterocycles. The van der Waals surface area contributed by atoms with Gasteiger partial charge in [-0.15, -0.1) is 0 Å². The van der Waals surface area contributed by atoms with Gasteiger partial charge < -0.3 is 19.9 Å². The highest BCUT2D eigenvalue weighted by molar-refractivity contribution is 4.68. The number of aliphatic hydroxyl groups excluding tert-OH is 1. The molecule has 0 aromatic rings. The molecule has 0 saturated heterocycles. The summed E-state index contributed by atoms with van der Waals surface area (Å²) in [6, 6.07) is 0. The Bertz CT molecular complexity index is 250. The van der Waals surface area contributed by atoms with E-state index in [-0.39, 0.29) is 0 Å². The molecule has 0 bridgehead atoms. The van der Waals surface area contributed by atoms with Gasteiger partial charge in [0.25, 0.3) is 0 Å². The molecule has 0 aromatic carbocycles. The van der Waals surface area contributed by atoms with Gasteiger partial charge in [-0.1, -0.05) is 38.5 Å². The second-order valence-electron chi connectivity index (χ2n) is 6.58. The molecule has 1 atom stereocenters. The first-order valence-corrected chi connectivity index (χ1v) is 8.96. The van der Waals surface area contributed by atoms with Crippen LogP contribution in [0.1, 0.15) is 64.2 Å². The second-order valence-corrected chi connectivity index (χ2v) is 6.58. The molecule has 0 aliphatic heterocycles. The maximum atomic E-state index is 9.90. The van der Waals surface area contributed by atoms with Crippen molar-refractivity contribution in [2.24, 2.45) is 0 Å². The first-order chi connectivity index (χ1) is 10.3. The molecule has 124 valence electrons. The summed E-state index contributed by atoms with van der Waals surface area (Å²) in [4.78, 5) is 0. The molecule has 21 heavy (non-hydrogen) atoms. The highest BCUT2D eigenvalue weighted by Crippen LogP contribution is 2.20. The quantitative estimate of drug-likeness (QED) is 0.643. The molecule has 4 nitrogen and oxygen atoms in total. The van der Waals surface area contributed by atoms with Gasteiger partial charge in [-0.3, -0.25) is 0 Å². The summed E-state index contributed by atoms with van der Waals surface area (Å²) in [5.41, 5.74) is 0. The number of ether oxygens (including phenoxy) is 2. The predicted molar refractivity (Wildman–Crippen MR) is 84.5 cm³/mol. The van der Waals surface area contributed by atoms with Crippen LogP contribution < -0.4 is 5.32 Å². The zero-order valence-corrected chi connectivity index (χ0v) is 13.4.